The Morgan fingerprint density at radius 1 is 0.944 bits per heavy atom. The molecule has 0 amide bonds. The molecule has 0 aromatic heterocycles. The van der Waals surface area contributed by atoms with Crippen LogP contribution in [-0.4, -0.2) is 0 Å². The molecule has 0 fully saturated rings. The molecule has 0 aliphatic rings. The van der Waals surface area contributed by atoms with Gasteiger partial charge < -0.3 is 10.5 Å². The van der Waals surface area contributed by atoms with E-state index in [1.165, 1.54) is 6.07 Å². The van der Waals surface area contributed by atoms with Crippen molar-refractivity contribution in [1.82, 2.24) is 0 Å². The fourth-order valence-corrected chi connectivity index (χ4v) is 1.56. The first-order valence-corrected chi connectivity index (χ1v) is 5.55. The second-order valence-electron chi connectivity index (χ2n) is 3.89. The highest BCUT2D eigenvalue weighted by Crippen LogP contribution is 2.16. The van der Waals surface area contributed by atoms with E-state index in [-0.39, 0.29) is 6.61 Å². The monoisotopic (exact) mass is 249 g/mol. The lowest BCUT2D eigenvalue weighted by molar-refractivity contribution is 0.305. The van der Waals surface area contributed by atoms with Gasteiger partial charge in [0.05, 0.1) is 0 Å². The van der Waals surface area contributed by atoms with E-state index < -0.39 is 11.6 Å². The van der Waals surface area contributed by atoms with E-state index in [1.54, 1.807) is 6.07 Å². The fraction of sp³-hybridized carbons (Fsp3) is 0.143. The van der Waals surface area contributed by atoms with Crippen LogP contribution in [0.25, 0.3) is 0 Å². The second-order valence-corrected chi connectivity index (χ2v) is 3.89. The molecule has 0 bridgehead atoms. The molecule has 0 saturated heterocycles. The average Bonchev–Trinajstić information content (AvgIpc) is 2.40. The number of ether oxygens (including phenoxy) is 1. The summed E-state index contributed by atoms with van der Waals surface area (Å²) in [5.41, 5.74) is 7.05. The molecule has 0 radical (unpaired) electrons. The lowest BCUT2D eigenvalue weighted by Gasteiger charge is -2.07. The van der Waals surface area contributed by atoms with Crippen molar-refractivity contribution in [2.45, 2.75) is 13.2 Å². The molecular weight excluding hydrogens is 236 g/mol. The second kappa shape index (κ2) is 5.60. The molecule has 2 rings (SSSR count). The summed E-state index contributed by atoms with van der Waals surface area (Å²) in [5.74, 6) is -1.07. The van der Waals surface area contributed by atoms with E-state index >= 15 is 0 Å². The molecular formula is C14H13F2NO. The minimum absolute atomic E-state index is 0.186. The molecule has 2 N–H and O–H groups in total. The van der Waals surface area contributed by atoms with E-state index in [0.29, 0.717) is 17.9 Å². The number of rotatable bonds is 4. The molecule has 2 aromatic carbocycles. The lowest BCUT2D eigenvalue weighted by Crippen LogP contribution is -1.99. The third-order valence-electron chi connectivity index (χ3n) is 2.52. The van der Waals surface area contributed by atoms with E-state index in [1.807, 2.05) is 18.2 Å². The molecule has 2 aromatic rings. The number of hydrogen-bond donors (Lipinski definition) is 1. The number of nitrogens with two attached hydrogens (primary N) is 1. The maximum Gasteiger partial charge on any atom is 0.159 e. The Morgan fingerprint density at radius 3 is 2.50 bits per heavy atom. The highest BCUT2D eigenvalue weighted by atomic mass is 19.2. The Kier molecular flexibility index (Phi) is 3.89. The molecule has 94 valence electrons. The van der Waals surface area contributed by atoms with Gasteiger partial charge in [0.1, 0.15) is 12.4 Å². The quantitative estimate of drug-likeness (QED) is 0.904. The predicted molar refractivity (Wildman–Crippen MR) is 65.0 cm³/mol. The van der Waals surface area contributed by atoms with Crippen LogP contribution in [0.2, 0.25) is 0 Å². The van der Waals surface area contributed by atoms with Crippen molar-refractivity contribution in [1.29, 1.82) is 0 Å². The van der Waals surface area contributed by atoms with Crippen molar-refractivity contribution < 1.29 is 13.5 Å². The zero-order valence-electron chi connectivity index (χ0n) is 9.70. The Balaban J connectivity index is 2.04. The van der Waals surface area contributed by atoms with Gasteiger partial charge in [-0.1, -0.05) is 18.2 Å². The van der Waals surface area contributed by atoms with Gasteiger partial charge in [-0.05, 0) is 35.4 Å². The SMILES string of the molecule is NCc1cccc(OCc2ccc(F)c(F)c2)c1. The van der Waals surface area contributed by atoms with Gasteiger partial charge in [0.2, 0.25) is 0 Å². The van der Waals surface area contributed by atoms with E-state index in [9.17, 15) is 8.78 Å². The summed E-state index contributed by atoms with van der Waals surface area (Å²) in [4.78, 5) is 0. The van der Waals surface area contributed by atoms with Crippen LogP contribution in [0.4, 0.5) is 8.78 Å². The van der Waals surface area contributed by atoms with Gasteiger partial charge in [-0.3, -0.25) is 0 Å². The van der Waals surface area contributed by atoms with Gasteiger partial charge in [-0.25, -0.2) is 8.78 Å². The molecule has 0 heterocycles. The van der Waals surface area contributed by atoms with Crippen LogP contribution in [0.3, 0.4) is 0 Å². The maximum atomic E-state index is 13.0. The van der Waals surface area contributed by atoms with Crippen molar-refractivity contribution in [3.63, 3.8) is 0 Å². The zero-order chi connectivity index (χ0) is 13.0. The molecule has 0 saturated carbocycles. The van der Waals surface area contributed by atoms with Crippen LogP contribution in [-0.2, 0) is 13.2 Å². The van der Waals surface area contributed by atoms with Crippen LogP contribution in [0.1, 0.15) is 11.1 Å². The van der Waals surface area contributed by atoms with E-state index in [0.717, 1.165) is 17.7 Å². The number of hydrogen-bond acceptors (Lipinski definition) is 2. The molecule has 0 aliphatic carbocycles. The molecule has 0 unspecified atom stereocenters. The van der Waals surface area contributed by atoms with Crippen molar-refractivity contribution >= 4 is 0 Å². The Morgan fingerprint density at radius 2 is 1.78 bits per heavy atom. The van der Waals surface area contributed by atoms with E-state index in [4.69, 9.17) is 10.5 Å². The first kappa shape index (κ1) is 12.5. The standard InChI is InChI=1S/C14H13F2NO/c15-13-5-4-11(7-14(13)16)9-18-12-3-1-2-10(6-12)8-17/h1-7H,8-9,17H2. The largest absolute Gasteiger partial charge is 0.489 e. The van der Waals surface area contributed by atoms with Gasteiger partial charge in [-0.2, -0.15) is 0 Å². The summed E-state index contributed by atoms with van der Waals surface area (Å²) in [6.07, 6.45) is 0. The molecule has 18 heavy (non-hydrogen) atoms. The summed E-state index contributed by atoms with van der Waals surface area (Å²) >= 11 is 0. The predicted octanol–water partition coefficient (Wildman–Crippen LogP) is 3.00. The molecule has 2 nitrogen and oxygen atoms in total. The third kappa shape index (κ3) is 3.05. The van der Waals surface area contributed by atoms with Crippen LogP contribution < -0.4 is 10.5 Å². The number of benzene rings is 2. The van der Waals surface area contributed by atoms with Crippen molar-refractivity contribution in [2.75, 3.05) is 0 Å². The smallest absolute Gasteiger partial charge is 0.159 e. The topological polar surface area (TPSA) is 35.2 Å². The normalized spacial score (nSPS) is 10.4. The van der Waals surface area contributed by atoms with Crippen molar-refractivity contribution in [3.05, 3.63) is 65.2 Å². The minimum Gasteiger partial charge on any atom is -0.489 e. The van der Waals surface area contributed by atoms with Crippen LogP contribution >= 0.6 is 0 Å². The molecule has 0 atom stereocenters. The highest BCUT2D eigenvalue weighted by molar-refractivity contribution is 5.28. The highest BCUT2D eigenvalue weighted by Gasteiger charge is 2.03. The van der Waals surface area contributed by atoms with Gasteiger partial charge in [0.25, 0.3) is 0 Å². The van der Waals surface area contributed by atoms with Gasteiger partial charge in [0.15, 0.2) is 11.6 Å². The van der Waals surface area contributed by atoms with Gasteiger partial charge in [0, 0.05) is 6.54 Å². The first-order chi connectivity index (χ1) is 8.69. The van der Waals surface area contributed by atoms with Crippen LogP contribution in [0.5, 0.6) is 5.75 Å². The lowest BCUT2D eigenvalue weighted by atomic mass is 10.2. The van der Waals surface area contributed by atoms with Gasteiger partial charge >= 0.3 is 0 Å². The van der Waals surface area contributed by atoms with Crippen molar-refractivity contribution in [3.8, 4) is 5.75 Å². The molecule has 0 spiro atoms. The first-order valence-electron chi connectivity index (χ1n) is 5.55. The Labute approximate surface area is 104 Å². The third-order valence-corrected chi connectivity index (χ3v) is 2.52. The van der Waals surface area contributed by atoms with Crippen LogP contribution in [0.15, 0.2) is 42.5 Å². The molecule has 4 heteroatoms. The van der Waals surface area contributed by atoms with Crippen LogP contribution in [0, 0.1) is 11.6 Å². The zero-order valence-corrected chi connectivity index (χ0v) is 9.70. The van der Waals surface area contributed by atoms with E-state index in [2.05, 4.69) is 0 Å². The summed E-state index contributed by atoms with van der Waals surface area (Å²) < 4.78 is 31.2. The Bertz CT molecular complexity index is 543. The maximum absolute atomic E-state index is 13.0. The summed E-state index contributed by atoms with van der Waals surface area (Å²) in [6, 6.07) is 11.0. The fourth-order valence-electron chi connectivity index (χ4n) is 1.56. The molecule has 0 aliphatic heterocycles. The average molecular weight is 249 g/mol. The summed E-state index contributed by atoms with van der Waals surface area (Å²) in [6.45, 7) is 0.619. The summed E-state index contributed by atoms with van der Waals surface area (Å²) in [7, 11) is 0. The van der Waals surface area contributed by atoms with Gasteiger partial charge in [-0.15, -0.1) is 0 Å². The number of halogens is 2. The summed E-state index contributed by atoms with van der Waals surface area (Å²) in [5, 5.41) is 0. The Hall–Kier alpha value is -1.94. The van der Waals surface area contributed by atoms with Crippen molar-refractivity contribution in [2.24, 2.45) is 5.73 Å². The minimum atomic E-state index is -0.869.